The molecule has 1 atom stereocenters. The van der Waals surface area contributed by atoms with Crippen LogP contribution in [0, 0.1) is 0 Å². The van der Waals surface area contributed by atoms with Crippen molar-refractivity contribution in [1.29, 1.82) is 0 Å². The summed E-state index contributed by atoms with van der Waals surface area (Å²) in [7, 11) is 2.16. The SMILES string of the molecule is CN1CCC(OC(c2cccc(-c3cccc(CO)c3)c2)c2nc3ccccc3[nH]2)CC1. The molecule has 4 aromatic rings. The summed E-state index contributed by atoms with van der Waals surface area (Å²) in [5.74, 6) is 0.839. The van der Waals surface area contributed by atoms with Crippen molar-refractivity contribution in [2.24, 2.45) is 0 Å². The Morgan fingerprint density at radius 2 is 1.75 bits per heavy atom. The molecule has 164 valence electrons. The van der Waals surface area contributed by atoms with Crippen LogP contribution in [0.2, 0.25) is 0 Å². The van der Waals surface area contributed by atoms with Crippen LogP contribution in [0.4, 0.5) is 0 Å². The first kappa shape index (κ1) is 20.9. The smallest absolute Gasteiger partial charge is 0.141 e. The van der Waals surface area contributed by atoms with Crippen molar-refractivity contribution >= 4 is 11.0 Å². The van der Waals surface area contributed by atoms with Crippen LogP contribution < -0.4 is 0 Å². The van der Waals surface area contributed by atoms with Gasteiger partial charge in [0.25, 0.3) is 0 Å². The number of hydrogen-bond acceptors (Lipinski definition) is 4. The number of benzene rings is 3. The molecule has 0 saturated carbocycles. The van der Waals surface area contributed by atoms with E-state index in [1.807, 2.05) is 36.4 Å². The molecule has 2 heterocycles. The zero-order chi connectivity index (χ0) is 21.9. The average molecular weight is 428 g/mol. The van der Waals surface area contributed by atoms with Gasteiger partial charge in [0.15, 0.2) is 0 Å². The van der Waals surface area contributed by atoms with Crippen molar-refractivity contribution < 1.29 is 9.84 Å². The number of piperidine rings is 1. The maximum absolute atomic E-state index is 9.53. The lowest BCUT2D eigenvalue weighted by Gasteiger charge is -2.31. The number of likely N-dealkylation sites (tertiary alicyclic amines) is 1. The van der Waals surface area contributed by atoms with E-state index in [0.717, 1.165) is 65.0 Å². The minimum atomic E-state index is -0.267. The maximum Gasteiger partial charge on any atom is 0.141 e. The summed E-state index contributed by atoms with van der Waals surface area (Å²) in [6, 6.07) is 24.6. The van der Waals surface area contributed by atoms with Crippen molar-refractivity contribution in [2.75, 3.05) is 20.1 Å². The quantitative estimate of drug-likeness (QED) is 0.458. The zero-order valence-electron chi connectivity index (χ0n) is 18.4. The van der Waals surface area contributed by atoms with Gasteiger partial charge in [0, 0.05) is 13.1 Å². The molecule has 5 rings (SSSR count). The van der Waals surface area contributed by atoms with Crippen molar-refractivity contribution in [3.63, 3.8) is 0 Å². The van der Waals surface area contributed by atoms with E-state index < -0.39 is 0 Å². The first-order valence-corrected chi connectivity index (χ1v) is 11.3. The van der Waals surface area contributed by atoms with Crippen LogP contribution in [0.5, 0.6) is 0 Å². The number of rotatable bonds is 6. The molecule has 0 aliphatic carbocycles. The highest BCUT2D eigenvalue weighted by Gasteiger charge is 2.26. The summed E-state index contributed by atoms with van der Waals surface area (Å²) >= 11 is 0. The summed E-state index contributed by atoms with van der Waals surface area (Å²) in [5.41, 5.74) is 6.14. The molecular formula is C27H29N3O2. The zero-order valence-corrected chi connectivity index (χ0v) is 18.4. The van der Waals surface area contributed by atoms with Crippen LogP contribution in [-0.2, 0) is 11.3 Å². The van der Waals surface area contributed by atoms with Crippen LogP contribution >= 0.6 is 0 Å². The number of ether oxygens (including phenoxy) is 1. The maximum atomic E-state index is 9.53. The fourth-order valence-electron chi connectivity index (χ4n) is 4.44. The molecule has 5 heteroatoms. The Kier molecular flexibility index (Phi) is 6.04. The lowest BCUT2D eigenvalue weighted by Crippen LogP contribution is -2.35. The first-order valence-electron chi connectivity index (χ1n) is 11.3. The van der Waals surface area contributed by atoms with Gasteiger partial charge in [0.1, 0.15) is 11.9 Å². The van der Waals surface area contributed by atoms with E-state index in [1.165, 1.54) is 0 Å². The van der Waals surface area contributed by atoms with E-state index in [9.17, 15) is 5.11 Å². The molecule has 1 aliphatic heterocycles. The largest absolute Gasteiger partial charge is 0.392 e. The molecule has 1 aromatic heterocycles. The molecular weight excluding hydrogens is 398 g/mol. The van der Waals surface area contributed by atoms with Crippen LogP contribution in [0.25, 0.3) is 22.2 Å². The number of fused-ring (bicyclic) bond motifs is 1. The van der Waals surface area contributed by atoms with Crippen LogP contribution in [0.1, 0.15) is 35.9 Å². The predicted octanol–water partition coefficient (Wildman–Crippen LogP) is 4.92. The number of para-hydroxylation sites is 2. The fraction of sp³-hybridized carbons (Fsp3) is 0.296. The van der Waals surface area contributed by atoms with E-state index in [1.54, 1.807) is 0 Å². The lowest BCUT2D eigenvalue weighted by molar-refractivity contribution is -0.0264. The number of H-pyrrole nitrogens is 1. The third-order valence-corrected chi connectivity index (χ3v) is 6.28. The highest BCUT2D eigenvalue weighted by molar-refractivity contribution is 5.75. The Bertz CT molecular complexity index is 1160. The van der Waals surface area contributed by atoms with Gasteiger partial charge in [-0.3, -0.25) is 0 Å². The summed E-state index contributed by atoms with van der Waals surface area (Å²) in [6.07, 6.45) is 1.97. The summed E-state index contributed by atoms with van der Waals surface area (Å²) in [6.45, 7) is 2.13. The number of nitrogens with zero attached hydrogens (tertiary/aromatic N) is 2. The number of aromatic nitrogens is 2. The van der Waals surface area contributed by atoms with E-state index in [0.29, 0.717) is 0 Å². The minimum Gasteiger partial charge on any atom is -0.392 e. The van der Waals surface area contributed by atoms with Crippen molar-refractivity contribution in [3.8, 4) is 11.1 Å². The molecule has 32 heavy (non-hydrogen) atoms. The van der Waals surface area contributed by atoms with Crippen LogP contribution in [-0.4, -0.2) is 46.2 Å². The van der Waals surface area contributed by atoms with E-state index >= 15 is 0 Å². The summed E-state index contributed by atoms with van der Waals surface area (Å²) in [4.78, 5) is 10.7. The Morgan fingerprint density at radius 1 is 1.00 bits per heavy atom. The summed E-state index contributed by atoms with van der Waals surface area (Å²) in [5, 5.41) is 9.53. The van der Waals surface area contributed by atoms with Gasteiger partial charge in [-0.15, -0.1) is 0 Å². The second-order valence-corrected chi connectivity index (χ2v) is 8.64. The first-order chi connectivity index (χ1) is 15.7. The van der Waals surface area contributed by atoms with E-state index in [4.69, 9.17) is 9.72 Å². The van der Waals surface area contributed by atoms with Gasteiger partial charge in [-0.1, -0.05) is 48.5 Å². The highest BCUT2D eigenvalue weighted by atomic mass is 16.5. The molecule has 2 N–H and O–H groups in total. The lowest BCUT2D eigenvalue weighted by atomic mass is 9.98. The normalized spacial score (nSPS) is 16.4. The van der Waals surface area contributed by atoms with Crippen molar-refractivity contribution in [3.05, 3.63) is 89.7 Å². The summed E-state index contributed by atoms with van der Waals surface area (Å²) < 4.78 is 6.72. The molecule has 5 nitrogen and oxygen atoms in total. The number of aromatic amines is 1. The number of imidazole rings is 1. The topological polar surface area (TPSA) is 61.4 Å². The average Bonchev–Trinajstić information content (AvgIpc) is 3.28. The number of aliphatic hydroxyl groups excluding tert-OH is 1. The molecule has 1 fully saturated rings. The van der Waals surface area contributed by atoms with E-state index in [-0.39, 0.29) is 18.8 Å². The third-order valence-electron chi connectivity index (χ3n) is 6.28. The number of nitrogens with one attached hydrogen (secondary N) is 1. The highest BCUT2D eigenvalue weighted by Crippen LogP contribution is 2.32. The van der Waals surface area contributed by atoms with Crippen molar-refractivity contribution in [2.45, 2.75) is 31.7 Å². The molecule has 0 amide bonds. The number of aliphatic hydroxyl groups is 1. The Balaban J connectivity index is 1.52. The van der Waals surface area contributed by atoms with E-state index in [2.05, 4.69) is 53.3 Å². The van der Waals surface area contributed by atoms with Gasteiger partial charge in [0.2, 0.25) is 0 Å². The Labute approximate surface area is 188 Å². The second kappa shape index (κ2) is 9.25. The Morgan fingerprint density at radius 3 is 2.53 bits per heavy atom. The molecule has 1 aliphatic rings. The number of hydrogen-bond donors (Lipinski definition) is 2. The van der Waals surface area contributed by atoms with Gasteiger partial charge in [-0.25, -0.2) is 4.98 Å². The van der Waals surface area contributed by atoms with Gasteiger partial charge in [-0.05, 0) is 66.4 Å². The van der Waals surface area contributed by atoms with Gasteiger partial charge >= 0.3 is 0 Å². The predicted molar refractivity (Wildman–Crippen MR) is 127 cm³/mol. The standard InChI is InChI=1S/C27H29N3O2/c1-30-14-12-23(13-15-30)32-26(27-28-24-10-2-3-11-25(24)29-27)22-9-5-8-21(17-22)20-7-4-6-19(16-20)18-31/h2-11,16-17,23,26,31H,12-15,18H2,1H3,(H,28,29). The van der Waals surface area contributed by atoms with Gasteiger partial charge in [-0.2, -0.15) is 0 Å². The van der Waals surface area contributed by atoms with Crippen LogP contribution in [0.3, 0.4) is 0 Å². The minimum absolute atomic E-state index is 0.0361. The molecule has 1 saturated heterocycles. The molecule has 0 bridgehead atoms. The second-order valence-electron chi connectivity index (χ2n) is 8.64. The molecule has 0 spiro atoms. The van der Waals surface area contributed by atoms with Crippen LogP contribution in [0.15, 0.2) is 72.8 Å². The fourth-order valence-corrected chi connectivity index (χ4v) is 4.44. The third kappa shape index (κ3) is 4.46. The van der Waals surface area contributed by atoms with Gasteiger partial charge in [0.05, 0.1) is 23.7 Å². The van der Waals surface area contributed by atoms with Gasteiger partial charge < -0.3 is 19.7 Å². The Hall–Kier alpha value is -2.99. The van der Waals surface area contributed by atoms with Crippen molar-refractivity contribution in [1.82, 2.24) is 14.9 Å². The molecule has 3 aromatic carbocycles. The molecule has 0 radical (unpaired) electrons. The monoisotopic (exact) mass is 427 g/mol. The molecule has 1 unspecified atom stereocenters.